The molecule has 0 bridgehead atoms. The maximum Gasteiger partial charge on any atom is 0.230 e. The van der Waals surface area contributed by atoms with Gasteiger partial charge >= 0.3 is 0 Å². The van der Waals surface area contributed by atoms with Crippen LogP contribution in [0.4, 0.5) is 0 Å². The molecule has 0 aliphatic carbocycles. The van der Waals surface area contributed by atoms with Crippen LogP contribution in [0.2, 0.25) is 0 Å². The third-order valence-corrected chi connectivity index (χ3v) is 5.82. The van der Waals surface area contributed by atoms with E-state index in [0.29, 0.717) is 19.8 Å². The number of aromatic amines is 1. The minimum Gasteiger partial charge on any atom is -0.380 e. The molecule has 148 valence electrons. The first-order valence-corrected chi connectivity index (χ1v) is 9.93. The summed E-state index contributed by atoms with van der Waals surface area (Å²) in [4.78, 5) is 22.5. The molecular formula is C22H28N4O2. The van der Waals surface area contributed by atoms with Crippen molar-refractivity contribution >= 4 is 12.0 Å². The van der Waals surface area contributed by atoms with Gasteiger partial charge in [0, 0.05) is 50.4 Å². The van der Waals surface area contributed by atoms with E-state index in [1.165, 1.54) is 11.1 Å². The van der Waals surface area contributed by atoms with Crippen molar-refractivity contribution in [1.29, 1.82) is 0 Å². The van der Waals surface area contributed by atoms with Crippen molar-refractivity contribution in [3.8, 4) is 0 Å². The number of fused-ring (bicyclic) bond motifs is 1. The average Bonchev–Trinajstić information content (AvgIpc) is 3.38. The highest BCUT2D eigenvalue weighted by Gasteiger charge is 2.55. The van der Waals surface area contributed by atoms with E-state index in [4.69, 9.17) is 4.74 Å². The van der Waals surface area contributed by atoms with Crippen LogP contribution in [0.3, 0.4) is 0 Å². The summed E-state index contributed by atoms with van der Waals surface area (Å²) in [5.74, 6) is 0.394. The third-order valence-electron chi connectivity index (χ3n) is 5.82. The number of amides is 1. The minimum atomic E-state index is -0.416. The number of nitrogens with one attached hydrogen (secondary N) is 2. The zero-order chi connectivity index (χ0) is 19.4. The lowest BCUT2D eigenvalue weighted by atomic mass is 9.80. The van der Waals surface area contributed by atoms with Crippen molar-refractivity contribution in [2.75, 3.05) is 39.4 Å². The summed E-state index contributed by atoms with van der Waals surface area (Å²) in [7, 11) is 0. The van der Waals surface area contributed by atoms with E-state index < -0.39 is 5.41 Å². The Labute approximate surface area is 166 Å². The van der Waals surface area contributed by atoms with Gasteiger partial charge in [0.25, 0.3) is 0 Å². The highest BCUT2D eigenvalue weighted by Crippen LogP contribution is 2.41. The molecule has 0 radical (unpaired) electrons. The van der Waals surface area contributed by atoms with Crippen molar-refractivity contribution in [1.82, 2.24) is 20.2 Å². The standard InChI is InChI=1S/C22H28N4O2/c1-17(9-18-5-3-2-4-6-18)11-26-12-19-13-28-15-22(19,14-26)21(27)24-8-7-20-10-23-16-25-20/h2-6,9-10,16,19H,7-8,11-15H2,1H3,(H,23,25)(H,24,27)/t19-,22-/m1/s1. The Bertz CT molecular complexity index is 818. The molecule has 1 aromatic heterocycles. The summed E-state index contributed by atoms with van der Waals surface area (Å²) in [5, 5.41) is 3.13. The fourth-order valence-corrected chi connectivity index (χ4v) is 4.42. The molecule has 6 heteroatoms. The van der Waals surface area contributed by atoms with Crippen molar-refractivity contribution < 1.29 is 9.53 Å². The van der Waals surface area contributed by atoms with Crippen LogP contribution in [0.15, 0.2) is 48.4 Å². The van der Waals surface area contributed by atoms with Gasteiger partial charge in [0.15, 0.2) is 0 Å². The maximum atomic E-state index is 13.0. The van der Waals surface area contributed by atoms with E-state index in [9.17, 15) is 4.79 Å². The molecule has 2 saturated heterocycles. The molecule has 2 fully saturated rings. The molecule has 2 atom stereocenters. The second kappa shape index (κ2) is 8.29. The fraction of sp³-hybridized carbons (Fsp3) is 0.455. The van der Waals surface area contributed by atoms with Crippen LogP contribution in [-0.4, -0.2) is 60.2 Å². The van der Waals surface area contributed by atoms with Crippen LogP contribution in [0, 0.1) is 11.3 Å². The van der Waals surface area contributed by atoms with Crippen LogP contribution in [0.5, 0.6) is 0 Å². The molecule has 1 aromatic carbocycles. The van der Waals surface area contributed by atoms with E-state index in [-0.39, 0.29) is 11.8 Å². The minimum absolute atomic E-state index is 0.127. The normalized spacial score (nSPS) is 25.0. The molecule has 2 N–H and O–H groups in total. The topological polar surface area (TPSA) is 70.2 Å². The lowest BCUT2D eigenvalue weighted by Gasteiger charge is -2.26. The third kappa shape index (κ3) is 4.03. The summed E-state index contributed by atoms with van der Waals surface area (Å²) in [6.45, 7) is 6.52. The molecule has 0 unspecified atom stereocenters. The SMILES string of the molecule is CC(=Cc1ccccc1)CN1C[C@@H]2COC[C@]2(C(=O)NCCc2cnc[nH]2)C1. The molecule has 3 heterocycles. The molecule has 2 aliphatic heterocycles. The van der Waals surface area contributed by atoms with Gasteiger partial charge in [0.2, 0.25) is 5.91 Å². The monoisotopic (exact) mass is 380 g/mol. The predicted octanol–water partition coefficient (Wildman–Crippen LogP) is 2.12. The first kappa shape index (κ1) is 18.9. The smallest absolute Gasteiger partial charge is 0.230 e. The molecule has 28 heavy (non-hydrogen) atoms. The Hall–Kier alpha value is -2.44. The van der Waals surface area contributed by atoms with E-state index in [0.717, 1.165) is 31.7 Å². The van der Waals surface area contributed by atoms with Crippen LogP contribution in [0.25, 0.3) is 6.08 Å². The van der Waals surface area contributed by atoms with Crippen LogP contribution >= 0.6 is 0 Å². The Balaban J connectivity index is 1.36. The van der Waals surface area contributed by atoms with Gasteiger partial charge in [-0.05, 0) is 12.5 Å². The van der Waals surface area contributed by atoms with E-state index in [1.54, 1.807) is 12.5 Å². The van der Waals surface area contributed by atoms with E-state index >= 15 is 0 Å². The first-order chi connectivity index (χ1) is 13.7. The van der Waals surface area contributed by atoms with Crippen LogP contribution in [0.1, 0.15) is 18.2 Å². The van der Waals surface area contributed by atoms with Crippen molar-refractivity contribution in [2.24, 2.45) is 11.3 Å². The number of hydrogen-bond acceptors (Lipinski definition) is 4. The number of hydrogen-bond donors (Lipinski definition) is 2. The molecule has 2 aromatic rings. The number of carbonyl (C=O) groups is 1. The lowest BCUT2D eigenvalue weighted by molar-refractivity contribution is -0.131. The zero-order valence-electron chi connectivity index (χ0n) is 16.4. The van der Waals surface area contributed by atoms with Gasteiger partial charge in [-0.3, -0.25) is 9.69 Å². The van der Waals surface area contributed by atoms with Crippen molar-refractivity contribution in [3.05, 3.63) is 59.7 Å². The molecule has 0 saturated carbocycles. The molecule has 6 nitrogen and oxygen atoms in total. The van der Waals surface area contributed by atoms with Gasteiger partial charge in [0.1, 0.15) is 0 Å². The number of nitrogens with zero attached hydrogens (tertiary/aromatic N) is 2. The summed E-state index contributed by atoms with van der Waals surface area (Å²) >= 11 is 0. The second-order valence-corrected chi connectivity index (χ2v) is 8.02. The number of likely N-dealkylation sites (tertiary alicyclic amines) is 1. The number of H-pyrrole nitrogens is 1. The summed E-state index contributed by atoms with van der Waals surface area (Å²) in [5.41, 5.74) is 3.14. The lowest BCUT2D eigenvalue weighted by Crippen LogP contribution is -2.47. The molecule has 1 amide bonds. The van der Waals surface area contributed by atoms with E-state index in [2.05, 4.69) is 57.4 Å². The number of ether oxygens (including phenoxy) is 1. The van der Waals surface area contributed by atoms with Gasteiger partial charge in [-0.25, -0.2) is 4.98 Å². The Kier molecular flexibility index (Phi) is 5.59. The number of aromatic nitrogens is 2. The molecule has 0 spiro atoms. The molecule has 4 rings (SSSR count). The van der Waals surface area contributed by atoms with Crippen LogP contribution in [-0.2, 0) is 16.0 Å². The fourth-order valence-electron chi connectivity index (χ4n) is 4.42. The number of imidazole rings is 1. The Morgan fingerprint density at radius 3 is 3.07 bits per heavy atom. The zero-order valence-corrected chi connectivity index (χ0v) is 16.4. The Morgan fingerprint density at radius 2 is 2.29 bits per heavy atom. The highest BCUT2D eigenvalue weighted by molar-refractivity contribution is 5.84. The van der Waals surface area contributed by atoms with Crippen molar-refractivity contribution in [3.63, 3.8) is 0 Å². The quantitative estimate of drug-likeness (QED) is 0.772. The summed E-state index contributed by atoms with van der Waals surface area (Å²) in [6.07, 6.45) is 6.44. The molecule has 2 aliphatic rings. The van der Waals surface area contributed by atoms with Gasteiger partial charge < -0.3 is 15.0 Å². The van der Waals surface area contributed by atoms with Gasteiger partial charge in [-0.2, -0.15) is 0 Å². The molecular weight excluding hydrogens is 352 g/mol. The average molecular weight is 380 g/mol. The number of benzene rings is 1. The number of rotatable bonds is 7. The van der Waals surface area contributed by atoms with Gasteiger partial charge in [0.05, 0.1) is 25.0 Å². The number of carbonyl (C=O) groups excluding carboxylic acids is 1. The van der Waals surface area contributed by atoms with Gasteiger partial charge in [-0.15, -0.1) is 0 Å². The highest BCUT2D eigenvalue weighted by atomic mass is 16.5. The van der Waals surface area contributed by atoms with Gasteiger partial charge in [-0.1, -0.05) is 42.0 Å². The predicted molar refractivity (Wildman–Crippen MR) is 109 cm³/mol. The first-order valence-electron chi connectivity index (χ1n) is 9.93. The summed E-state index contributed by atoms with van der Waals surface area (Å²) in [6, 6.07) is 10.4. The van der Waals surface area contributed by atoms with Crippen LogP contribution < -0.4 is 5.32 Å². The maximum absolute atomic E-state index is 13.0. The second-order valence-electron chi connectivity index (χ2n) is 8.02. The van der Waals surface area contributed by atoms with Crippen molar-refractivity contribution in [2.45, 2.75) is 13.3 Å². The summed E-state index contributed by atoms with van der Waals surface area (Å²) < 4.78 is 5.72. The largest absolute Gasteiger partial charge is 0.380 e. The Morgan fingerprint density at radius 1 is 1.43 bits per heavy atom. The van der Waals surface area contributed by atoms with E-state index in [1.807, 2.05) is 6.07 Å².